The van der Waals surface area contributed by atoms with Crippen molar-refractivity contribution in [1.82, 2.24) is 10.2 Å². The van der Waals surface area contributed by atoms with E-state index in [1.54, 1.807) is 11.1 Å². The fourth-order valence-electron chi connectivity index (χ4n) is 4.09. The summed E-state index contributed by atoms with van der Waals surface area (Å²) in [7, 11) is 0. The first-order valence-corrected chi connectivity index (χ1v) is 8.43. The Morgan fingerprint density at radius 2 is 1.90 bits per heavy atom. The van der Waals surface area contributed by atoms with Crippen molar-refractivity contribution in [1.29, 1.82) is 0 Å². The van der Waals surface area contributed by atoms with Crippen LogP contribution in [-0.2, 0) is 13.0 Å². The van der Waals surface area contributed by atoms with Gasteiger partial charge in [0.05, 0.1) is 0 Å². The van der Waals surface area contributed by atoms with Crippen LogP contribution in [0.1, 0.15) is 43.2 Å². The number of hydrogen-bond acceptors (Lipinski definition) is 2. The van der Waals surface area contributed by atoms with Crippen molar-refractivity contribution < 1.29 is 0 Å². The summed E-state index contributed by atoms with van der Waals surface area (Å²) in [6.45, 7) is 3.67. The highest BCUT2D eigenvalue weighted by Crippen LogP contribution is 2.38. The molecular formula is C18H26N2. The van der Waals surface area contributed by atoms with Crippen molar-refractivity contribution in [2.45, 2.75) is 57.2 Å². The molecule has 2 aliphatic carbocycles. The van der Waals surface area contributed by atoms with Gasteiger partial charge >= 0.3 is 0 Å². The molecule has 108 valence electrons. The molecule has 2 heteroatoms. The number of likely N-dealkylation sites (tertiary alicyclic amines) is 1. The van der Waals surface area contributed by atoms with Crippen LogP contribution in [-0.4, -0.2) is 30.1 Å². The molecule has 1 heterocycles. The zero-order valence-corrected chi connectivity index (χ0v) is 12.4. The predicted octanol–water partition coefficient (Wildman–Crippen LogP) is 2.97. The molecule has 2 saturated carbocycles. The third-order valence-corrected chi connectivity index (χ3v) is 5.42. The first kappa shape index (κ1) is 12.8. The normalized spacial score (nSPS) is 29.2. The van der Waals surface area contributed by atoms with Crippen molar-refractivity contribution in [3.05, 3.63) is 35.4 Å². The average molecular weight is 270 g/mol. The Hall–Kier alpha value is -0.860. The summed E-state index contributed by atoms with van der Waals surface area (Å²) in [6.07, 6.45) is 8.35. The van der Waals surface area contributed by atoms with Crippen molar-refractivity contribution >= 4 is 0 Å². The minimum Gasteiger partial charge on any atom is -0.314 e. The van der Waals surface area contributed by atoms with Gasteiger partial charge in [0.25, 0.3) is 0 Å². The molecule has 0 aromatic heterocycles. The van der Waals surface area contributed by atoms with E-state index in [4.69, 9.17) is 0 Å². The van der Waals surface area contributed by atoms with Gasteiger partial charge in [-0.1, -0.05) is 24.3 Å². The minimum atomic E-state index is 0.830. The van der Waals surface area contributed by atoms with Crippen molar-refractivity contribution in [2.75, 3.05) is 13.1 Å². The van der Waals surface area contributed by atoms with Crippen LogP contribution in [0.2, 0.25) is 0 Å². The van der Waals surface area contributed by atoms with E-state index < -0.39 is 0 Å². The Morgan fingerprint density at radius 3 is 2.60 bits per heavy atom. The van der Waals surface area contributed by atoms with Crippen LogP contribution in [0, 0.1) is 5.92 Å². The minimum absolute atomic E-state index is 0.830. The Morgan fingerprint density at radius 1 is 1.05 bits per heavy atom. The van der Waals surface area contributed by atoms with Gasteiger partial charge in [-0.15, -0.1) is 0 Å². The quantitative estimate of drug-likeness (QED) is 0.855. The van der Waals surface area contributed by atoms with Crippen LogP contribution in [0.5, 0.6) is 0 Å². The number of piperidine rings is 1. The Bertz CT molecular complexity index is 466. The van der Waals surface area contributed by atoms with Crippen molar-refractivity contribution in [3.63, 3.8) is 0 Å². The number of hydrogen-bond donors (Lipinski definition) is 1. The lowest BCUT2D eigenvalue weighted by Crippen LogP contribution is -2.32. The summed E-state index contributed by atoms with van der Waals surface area (Å²) in [4.78, 5) is 2.74. The SMILES string of the molecule is c1ccc(CN2CC3CCC2C3)c(CCNC2CC2)c1. The van der Waals surface area contributed by atoms with E-state index in [9.17, 15) is 0 Å². The summed E-state index contributed by atoms with van der Waals surface area (Å²) in [5.74, 6) is 1.00. The van der Waals surface area contributed by atoms with Gasteiger partial charge in [0.1, 0.15) is 0 Å². The van der Waals surface area contributed by atoms with E-state index in [0.29, 0.717) is 0 Å². The molecular weight excluding hydrogens is 244 g/mol. The Balaban J connectivity index is 1.38. The van der Waals surface area contributed by atoms with E-state index in [1.807, 2.05) is 0 Å². The second-order valence-electron chi connectivity index (χ2n) is 7.01. The predicted molar refractivity (Wildman–Crippen MR) is 82.7 cm³/mol. The van der Waals surface area contributed by atoms with E-state index in [1.165, 1.54) is 51.6 Å². The molecule has 1 N–H and O–H groups in total. The lowest BCUT2D eigenvalue weighted by Gasteiger charge is -2.27. The zero-order chi connectivity index (χ0) is 13.4. The summed E-state index contributed by atoms with van der Waals surface area (Å²) >= 11 is 0. The van der Waals surface area contributed by atoms with Crippen LogP contribution in [0.3, 0.4) is 0 Å². The maximum Gasteiger partial charge on any atom is 0.0239 e. The first-order chi connectivity index (χ1) is 9.88. The highest BCUT2D eigenvalue weighted by atomic mass is 15.2. The van der Waals surface area contributed by atoms with E-state index >= 15 is 0 Å². The van der Waals surface area contributed by atoms with Crippen LogP contribution < -0.4 is 5.32 Å². The van der Waals surface area contributed by atoms with Gasteiger partial charge in [-0.3, -0.25) is 4.90 Å². The summed E-state index contributed by atoms with van der Waals surface area (Å²) in [6, 6.07) is 10.8. The number of benzene rings is 1. The standard InChI is InChI=1S/C18H26N2/c1-2-4-16(13-20-12-14-5-8-18(20)11-14)15(3-1)9-10-19-17-6-7-17/h1-4,14,17-19H,5-13H2. The molecule has 3 aliphatic rings. The molecule has 2 atom stereocenters. The van der Waals surface area contributed by atoms with Crippen LogP contribution in [0.25, 0.3) is 0 Å². The second-order valence-corrected chi connectivity index (χ2v) is 7.01. The second kappa shape index (κ2) is 5.50. The first-order valence-electron chi connectivity index (χ1n) is 8.43. The average Bonchev–Trinajstić information content (AvgIpc) is 3.06. The van der Waals surface area contributed by atoms with Gasteiger partial charge < -0.3 is 5.32 Å². The van der Waals surface area contributed by atoms with Gasteiger partial charge in [0.2, 0.25) is 0 Å². The molecule has 2 nitrogen and oxygen atoms in total. The maximum atomic E-state index is 3.64. The zero-order valence-electron chi connectivity index (χ0n) is 12.4. The fourth-order valence-corrected chi connectivity index (χ4v) is 4.09. The van der Waals surface area contributed by atoms with Gasteiger partial charge in [0, 0.05) is 25.2 Å². The lowest BCUT2D eigenvalue weighted by molar-refractivity contribution is 0.205. The summed E-state index contributed by atoms with van der Waals surface area (Å²) < 4.78 is 0. The van der Waals surface area contributed by atoms with E-state index in [2.05, 4.69) is 34.5 Å². The monoisotopic (exact) mass is 270 g/mol. The number of nitrogens with one attached hydrogen (secondary N) is 1. The molecule has 3 fully saturated rings. The fraction of sp³-hybridized carbons (Fsp3) is 0.667. The van der Waals surface area contributed by atoms with E-state index in [-0.39, 0.29) is 0 Å². The molecule has 4 rings (SSSR count). The molecule has 0 spiro atoms. The third kappa shape index (κ3) is 2.77. The van der Waals surface area contributed by atoms with E-state index in [0.717, 1.165) is 24.5 Å². The largest absolute Gasteiger partial charge is 0.314 e. The van der Waals surface area contributed by atoms with Gasteiger partial charge in [0.15, 0.2) is 0 Å². The molecule has 1 aromatic rings. The van der Waals surface area contributed by atoms with Gasteiger partial charge in [-0.25, -0.2) is 0 Å². The Labute approximate surface area is 122 Å². The van der Waals surface area contributed by atoms with Crippen LogP contribution in [0.15, 0.2) is 24.3 Å². The third-order valence-electron chi connectivity index (χ3n) is 5.42. The molecule has 2 bridgehead atoms. The molecule has 1 saturated heterocycles. The summed E-state index contributed by atoms with van der Waals surface area (Å²) in [5, 5.41) is 3.64. The highest BCUT2D eigenvalue weighted by molar-refractivity contribution is 5.27. The number of nitrogens with zero attached hydrogens (tertiary/aromatic N) is 1. The molecule has 1 aromatic carbocycles. The van der Waals surface area contributed by atoms with Crippen LogP contribution >= 0.6 is 0 Å². The highest BCUT2D eigenvalue weighted by Gasteiger charge is 2.37. The van der Waals surface area contributed by atoms with Crippen molar-refractivity contribution in [2.24, 2.45) is 5.92 Å². The van der Waals surface area contributed by atoms with Gasteiger partial charge in [-0.05, 0) is 62.1 Å². The smallest absolute Gasteiger partial charge is 0.0239 e. The van der Waals surface area contributed by atoms with Crippen LogP contribution in [0.4, 0.5) is 0 Å². The number of rotatable bonds is 6. The topological polar surface area (TPSA) is 15.3 Å². The Kier molecular flexibility index (Phi) is 3.53. The lowest BCUT2D eigenvalue weighted by atomic mass is 10.0. The van der Waals surface area contributed by atoms with Crippen molar-refractivity contribution in [3.8, 4) is 0 Å². The molecule has 0 radical (unpaired) electrons. The van der Waals surface area contributed by atoms with Gasteiger partial charge in [-0.2, -0.15) is 0 Å². The number of fused-ring (bicyclic) bond motifs is 2. The molecule has 20 heavy (non-hydrogen) atoms. The molecule has 1 aliphatic heterocycles. The maximum absolute atomic E-state index is 3.64. The molecule has 2 unspecified atom stereocenters. The molecule has 0 amide bonds. The summed E-state index contributed by atoms with van der Waals surface area (Å²) in [5.41, 5.74) is 3.13.